The summed E-state index contributed by atoms with van der Waals surface area (Å²) in [7, 11) is 0. The number of halogens is 1. The molecule has 76 valence electrons. The van der Waals surface area contributed by atoms with Gasteiger partial charge < -0.3 is 5.73 Å². The molecule has 2 rings (SSSR count). The molecule has 2 nitrogen and oxygen atoms in total. The van der Waals surface area contributed by atoms with Gasteiger partial charge in [-0.3, -0.25) is 0 Å². The van der Waals surface area contributed by atoms with Crippen molar-refractivity contribution in [1.29, 1.82) is 0 Å². The lowest BCUT2D eigenvalue weighted by Gasteiger charge is -2.09. The lowest BCUT2D eigenvalue weighted by atomic mass is 10.2. The average molecular weight is 273 g/mol. The third-order valence-corrected chi connectivity index (χ3v) is 4.42. The predicted octanol–water partition coefficient (Wildman–Crippen LogP) is 2.67. The molecule has 0 bridgehead atoms. The van der Waals surface area contributed by atoms with Crippen molar-refractivity contribution in [1.82, 2.24) is 4.98 Å². The van der Waals surface area contributed by atoms with Crippen LogP contribution in [0.3, 0.4) is 0 Å². The van der Waals surface area contributed by atoms with Gasteiger partial charge in [0.1, 0.15) is 5.03 Å². The Morgan fingerprint density at radius 2 is 2.43 bits per heavy atom. The summed E-state index contributed by atoms with van der Waals surface area (Å²) in [5, 5.41) is 1.05. The molecule has 0 spiro atoms. The largest absolute Gasteiger partial charge is 0.327 e. The van der Waals surface area contributed by atoms with Crippen LogP contribution in [0.1, 0.15) is 12.8 Å². The van der Waals surface area contributed by atoms with Gasteiger partial charge in [-0.1, -0.05) is 0 Å². The molecule has 1 saturated carbocycles. The topological polar surface area (TPSA) is 38.9 Å². The molecular formula is C10H13BrN2S. The number of pyridine rings is 1. The van der Waals surface area contributed by atoms with Gasteiger partial charge in [0.05, 0.1) is 0 Å². The standard InChI is InChI=1S/C10H13BrN2S/c11-8-2-1-5-13-10(8)14-6-9(12)7-3-4-7/h1-2,5,7,9H,3-4,6,12H2. The fraction of sp³-hybridized carbons (Fsp3) is 0.500. The SMILES string of the molecule is NC(CSc1ncccc1Br)C1CC1. The molecule has 1 fully saturated rings. The zero-order valence-corrected chi connectivity index (χ0v) is 10.2. The summed E-state index contributed by atoms with van der Waals surface area (Å²) in [5.74, 6) is 1.74. The highest BCUT2D eigenvalue weighted by Crippen LogP contribution is 2.34. The number of nitrogens with two attached hydrogens (primary N) is 1. The molecule has 4 heteroatoms. The van der Waals surface area contributed by atoms with Crippen LogP contribution >= 0.6 is 27.7 Å². The Kier molecular flexibility index (Phi) is 3.47. The van der Waals surface area contributed by atoms with E-state index in [1.165, 1.54) is 12.8 Å². The average Bonchev–Trinajstić information content (AvgIpc) is 2.99. The van der Waals surface area contributed by atoms with E-state index in [1.54, 1.807) is 11.8 Å². The minimum atomic E-state index is 0.342. The molecule has 2 N–H and O–H groups in total. The fourth-order valence-corrected chi connectivity index (χ4v) is 2.88. The number of nitrogens with zero attached hydrogens (tertiary/aromatic N) is 1. The molecule has 14 heavy (non-hydrogen) atoms. The van der Waals surface area contributed by atoms with Gasteiger partial charge in [0, 0.05) is 22.5 Å². The maximum atomic E-state index is 6.01. The highest BCUT2D eigenvalue weighted by atomic mass is 79.9. The maximum absolute atomic E-state index is 6.01. The third kappa shape index (κ3) is 2.72. The monoisotopic (exact) mass is 272 g/mol. The van der Waals surface area contributed by atoms with Crippen LogP contribution < -0.4 is 5.73 Å². The minimum Gasteiger partial charge on any atom is -0.327 e. The Labute approximate surface area is 96.8 Å². The Hall–Kier alpha value is -0.0600. The smallest absolute Gasteiger partial charge is 0.110 e. The van der Waals surface area contributed by atoms with Gasteiger partial charge in [0.15, 0.2) is 0 Å². The quantitative estimate of drug-likeness (QED) is 0.857. The van der Waals surface area contributed by atoms with Crippen molar-refractivity contribution in [3.63, 3.8) is 0 Å². The number of rotatable bonds is 4. The van der Waals surface area contributed by atoms with E-state index in [-0.39, 0.29) is 0 Å². The van der Waals surface area contributed by atoms with Gasteiger partial charge in [0.2, 0.25) is 0 Å². The molecule has 1 atom stereocenters. The molecule has 1 aromatic heterocycles. The van der Waals surface area contributed by atoms with Crippen LogP contribution in [-0.2, 0) is 0 Å². The van der Waals surface area contributed by atoms with Gasteiger partial charge in [-0.25, -0.2) is 4.98 Å². The Balaban J connectivity index is 1.87. The summed E-state index contributed by atoms with van der Waals surface area (Å²) in [6.45, 7) is 0. The van der Waals surface area contributed by atoms with Crippen molar-refractivity contribution in [2.75, 3.05) is 5.75 Å². The van der Waals surface area contributed by atoms with E-state index >= 15 is 0 Å². The fourth-order valence-electron chi connectivity index (χ4n) is 1.31. The minimum absolute atomic E-state index is 0.342. The highest BCUT2D eigenvalue weighted by Gasteiger charge is 2.28. The molecule has 0 saturated heterocycles. The molecule has 1 aliphatic rings. The van der Waals surface area contributed by atoms with E-state index in [9.17, 15) is 0 Å². The van der Waals surface area contributed by atoms with Crippen LogP contribution in [0.2, 0.25) is 0 Å². The lowest BCUT2D eigenvalue weighted by Crippen LogP contribution is -2.25. The molecule has 1 aliphatic carbocycles. The maximum Gasteiger partial charge on any atom is 0.110 e. The summed E-state index contributed by atoms with van der Waals surface area (Å²) in [4.78, 5) is 4.29. The second-order valence-corrected chi connectivity index (χ2v) is 5.47. The Morgan fingerprint density at radius 3 is 3.07 bits per heavy atom. The molecule has 1 unspecified atom stereocenters. The first kappa shape index (κ1) is 10.5. The first-order valence-corrected chi connectivity index (χ1v) is 6.54. The van der Waals surface area contributed by atoms with Crippen molar-refractivity contribution in [2.24, 2.45) is 11.7 Å². The van der Waals surface area contributed by atoms with Gasteiger partial charge in [0.25, 0.3) is 0 Å². The number of thioether (sulfide) groups is 1. The van der Waals surface area contributed by atoms with Gasteiger partial charge >= 0.3 is 0 Å². The van der Waals surface area contributed by atoms with E-state index in [0.717, 1.165) is 21.2 Å². The highest BCUT2D eigenvalue weighted by molar-refractivity contribution is 9.10. The molecule has 0 aromatic carbocycles. The van der Waals surface area contributed by atoms with Gasteiger partial charge in [-0.05, 0) is 46.8 Å². The zero-order chi connectivity index (χ0) is 9.97. The molecule has 0 radical (unpaired) electrons. The second kappa shape index (κ2) is 4.64. The van der Waals surface area contributed by atoms with Crippen LogP contribution in [0.25, 0.3) is 0 Å². The first-order valence-electron chi connectivity index (χ1n) is 4.76. The molecular weight excluding hydrogens is 260 g/mol. The van der Waals surface area contributed by atoms with Crippen molar-refractivity contribution >= 4 is 27.7 Å². The molecule has 1 heterocycles. The van der Waals surface area contributed by atoms with E-state index in [1.807, 2.05) is 18.3 Å². The van der Waals surface area contributed by atoms with E-state index in [4.69, 9.17) is 5.73 Å². The van der Waals surface area contributed by atoms with Crippen LogP contribution in [-0.4, -0.2) is 16.8 Å². The lowest BCUT2D eigenvalue weighted by molar-refractivity contribution is 0.658. The third-order valence-electron chi connectivity index (χ3n) is 2.36. The molecule has 0 amide bonds. The first-order chi connectivity index (χ1) is 6.77. The molecule has 0 aliphatic heterocycles. The Morgan fingerprint density at radius 1 is 1.64 bits per heavy atom. The molecule has 1 aromatic rings. The number of aromatic nitrogens is 1. The number of hydrogen-bond acceptors (Lipinski definition) is 3. The summed E-state index contributed by atoms with van der Waals surface area (Å²) in [5.41, 5.74) is 6.01. The van der Waals surface area contributed by atoms with Crippen LogP contribution in [0.5, 0.6) is 0 Å². The van der Waals surface area contributed by atoms with E-state index in [2.05, 4.69) is 20.9 Å². The van der Waals surface area contributed by atoms with Gasteiger partial charge in [-0.15, -0.1) is 11.8 Å². The van der Waals surface area contributed by atoms with Crippen molar-refractivity contribution < 1.29 is 0 Å². The van der Waals surface area contributed by atoms with Crippen molar-refractivity contribution in [2.45, 2.75) is 23.9 Å². The summed E-state index contributed by atoms with van der Waals surface area (Å²) >= 11 is 5.22. The van der Waals surface area contributed by atoms with Gasteiger partial charge in [-0.2, -0.15) is 0 Å². The normalized spacial score (nSPS) is 18.1. The van der Waals surface area contributed by atoms with Crippen molar-refractivity contribution in [3.8, 4) is 0 Å². The van der Waals surface area contributed by atoms with Crippen LogP contribution in [0.15, 0.2) is 27.8 Å². The van der Waals surface area contributed by atoms with Crippen LogP contribution in [0.4, 0.5) is 0 Å². The summed E-state index contributed by atoms with van der Waals surface area (Å²) in [6.07, 6.45) is 4.44. The second-order valence-electron chi connectivity index (χ2n) is 3.60. The summed E-state index contributed by atoms with van der Waals surface area (Å²) in [6, 6.07) is 4.28. The number of hydrogen-bond donors (Lipinski definition) is 1. The summed E-state index contributed by atoms with van der Waals surface area (Å²) < 4.78 is 1.06. The van der Waals surface area contributed by atoms with Crippen LogP contribution in [0, 0.1) is 5.92 Å². The van der Waals surface area contributed by atoms with Crippen molar-refractivity contribution in [3.05, 3.63) is 22.8 Å². The van der Waals surface area contributed by atoms with E-state index < -0.39 is 0 Å². The Bertz CT molecular complexity index is 315. The predicted molar refractivity (Wildman–Crippen MR) is 63.4 cm³/mol. The zero-order valence-electron chi connectivity index (χ0n) is 7.82. The van der Waals surface area contributed by atoms with E-state index in [0.29, 0.717) is 6.04 Å².